The molecule has 0 bridgehead atoms. The van der Waals surface area contributed by atoms with Gasteiger partial charge in [0.15, 0.2) is 0 Å². The zero-order chi connectivity index (χ0) is 17.9. The van der Waals surface area contributed by atoms with Crippen LogP contribution in [0.2, 0.25) is 0 Å². The average molecular weight is 353 g/mol. The van der Waals surface area contributed by atoms with Gasteiger partial charge in [0.2, 0.25) is 17.6 Å². The molecule has 1 aliphatic heterocycles. The van der Waals surface area contributed by atoms with Crippen molar-refractivity contribution in [3.05, 3.63) is 36.2 Å². The summed E-state index contributed by atoms with van der Waals surface area (Å²) < 4.78 is 42.0. The number of hydrogen-bond acceptors (Lipinski definition) is 4. The van der Waals surface area contributed by atoms with E-state index < -0.39 is 24.9 Å². The third-order valence-corrected chi connectivity index (χ3v) is 4.29. The first-order valence-electron chi connectivity index (χ1n) is 8.16. The Morgan fingerprint density at radius 3 is 2.52 bits per heavy atom. The third-order valence-electron chi connectivity index (χ3n) is 4.29. The lowest BCUT2D eigenvalue weighted by Crippen LogP contribution is -2.38. The van der Waals surface area contributed by atoms with Crippen LogP contribution in [0, 0.1) is 0 Å². The second kappa shape index (κ2) is 7.25. The van der Waals surface area contributed by atoms with Crippen LogP contribution in [0.25, 0.3) is 11.4 Å². The summed E-state index contributed by atoms with van der Waals surface area (Å²) in [6.45, 7) is 0.814. The Kier molecular flexibility index (Phi) is 5.06. The predicted molar refractivity (Wildman–Crippen MR) is 83.6 cm³/mol. The van der Waals surface area contributed by atoms with Crippen molar-refractivity contribution in [1.82, 2.24) is 15.0 Å². The van der Waals surface area contributed by atoms with Crippen molar-refractivity contribution in [2.45, 2.75) is 37.8 Å². The molecule has 1 aromatic carbocycles. The summed E-state index contributed by atoms with van der Waals surface area (Å²) in [4.78, 5) is 17.7. The number of nitrogens with zero attached hydrogens (tertiary/aromatic N) is 3. The van der Waals surface area contributed by atoms with Crippen molar-refractivity contribution < 1.29 is 22.5 Å². The van der Waals surface area contributed by atoms with E-state index in [-0.39, 0.29) is 5.92 Å². The van der Waals surface area contributed by atoms with Crippen LogP contribution in [0.1, 0.15) is 37.5 Å². The first-order valence-corrected chi connectivity index (χ1v) is 8.16. The lowest BCUT2D eigenvalue weighted by Gasteiger charge is -2.30. The fraction of sp³-hybridized carbons (Fsp3) is 0.471. The summed E-state index contributed by atoms with van der Waals surface area (Å²) in [5, 5.41) is 3.98. The number of likely N-dealkylation sites (tertiary alicyclic amines) is 1. The highest BCUT2D eigenvalue weighted by molar-refractivity contribution is 5.76. The molecule has 0 aliphatic carbocycles. The maximum Gasteiger partial charge on any atom is 0.389 e. The van der Waals surface area contributed by atoms with Gasteiger partial charge in [0.25, 0.3) is 0 Å². The Hall–Kier alpha value is -2.38. The van der Waals surface area contributed by atoms with Crippen LogP contribution in [0.5, 0.6) is 0 Å². The molecule has 5 nitrogen and oxygen atoms in total. The van der Waals surface area contributed by atoms with Gasteiger partial charge in [0.1, 0.15) is 0 Å². The van der Waals surface area contributed by atoms with Crippen LogP contribution < -0.4 is 0 Å². The van der Waals surface area contributed by atoms with E-state index in [9.17, 15) is 18.0 Å². The van der Waals surface area contributed by atoms with E-state index in [0.717, 1.165) is 5.56 Å². The molecular weight excluding hydrogens is 335 g/mol. The molecule has 0 spiro atoms. The maximum atomic E-state index is 12.2. The summed E-state index contributed by atoms with van der Waals surface area (Å²) >= 11 is 0. The molecule has 0 unspecified atom stereocenters. The standard InChI is InChI=1S/C17H18F3N3O2/c18-17(19,20)9-6-14(24)23-10-7-13(8-11-23)16-21-15(22-25-16)12-4-2-1-3-5-12/h1-5,13H,6-11H2. The van der Waals surface area contributed by atoms with Crippen molar-refractivity contribution in [3.8, 4) is 11.4 Å². The lowest BCUT2D eigenvalue weighted by molar-refractivity contribution is -0.149. The van der Waals surface area contributed by atoms with Gasteiger partial charge in [0.05, 0.1) is 6.42 Å². The summed E-state index contributed by atoms with van der Waals surface area (Å²) in [7, 11) is 0. The quantitative estimate of drug-likeness (QED) is 0.839. The Labute approximate surface area is 142 Å². The fourth-order valence-electron chi connectivity index (χ4n) is 2.89. The van der Waals surface area contributed by atoms with E-state index in [0.29, 0.717) is 37.6 Å². The van der Waals surface area contributed by atoms with Gasteiger partial charge in [-0.2, -0.15) is 18.2 Å². The van der Waals surface area contributed by atoms with Gasteiger partial charge in [0, 0.05) is 31.0 Å². The molecule has 2 aromatic rings. The highest BCUT2D eigenvalue weighted by Gasteiger charge is 2.31. The Morgan fingerprint density at radius 2 is 1.88 bits per heavy atom. The third kappa shape index (κ3) is 4.58. The molecule has 134 valence electrons. The van der Waals surface area contributed by atoms with Gasteiger partial charge < -0.3 is 9.42 Å². The van der Waals surface area contributed by atoms with Crippen molar-refractivity contribution in [2.75, 3.05) is 13.1 Å². The number of aromatic nitrogens is 2. The molecule has 1 fully saturated rings. The number of carbonyl (C=O) groups is 1. The minimum Gasteiger partial charge on any atom is -0.343 e. The van der Waals surface area contributed by atoms with Crippen LogP contribution in [-0.4, -0.2) is 40.2 Å². The largest absolute Gasteiger partial charge is 0.389 e. The second-order valence-electron chi connectivity index (χ2n) is 6.09. The van der Waals surface area contributed by atoms with Crippen LogP contribution in [0.15, 0.2) is 34.9 Å². The molecule has 0 radical (unpaired) electrons. The van der Waals surface area contributed by atoms with E-state index >= 15 is 0 Å². The predicted octanol–water partition coefficient (Wildman–Crippen LogP) is 3.79. The summed E-state index contributed by atoms with van der Waals surface area (Å²) in [5.41, 5.74) is 0.859. The minimum atomic E-state index is -4.30. The van der Waals surface area contributed by atoms with Crippen molar-refractivity contribution in [3.63, 3.8) is 0 Å². The fourth-order valence-corrected chi connectivity index (χ4v) is 2.89. The first-order chi connectivity index (χ1) is 11.9. The Bertz CT molecular complexity index is 707. The second-order valence-corrected chi connectivity index (χ2v) is 6.09. The molecule has 0 atom stereocenters. The molecule has 1 saturated heterocycles. The maximum absolute atomic E-state index is 12.2. The van der Waals surface area contributed by atoms with Gasteiger partial charge in [-0.1, -0.05) is 35.5 Å². The topological polar surface area (TPSA) is 59.2 Å². The van der Waals surface area contributed by atoms with Crippen LogP contribution in [-0.2, 0) is 4.79 Å². The van der Waals surface area contributed by atoms with Gasteiger partial charge in [-0.15, -0.1) is 0 Å². The van der Waals surface area contributed by atoms with Gasteiger partial charge in [-0.25, -0.2) is 0 Å². The van der Waals surface area contributed by atoms with Crippen molar-refractivity contribution in [1.29, 1.82) is 0 Å². The molecule has 3 rings (SSSR count). The van der Waals surface area contributed by atoms with E-state index in [4.69, 9.17) is 4.52 Å². The number of benzene rings is 1. The van der Waals surface area contributed by atoms with Crippen LogP contribution >= 0.6 is 0 Å². The van der Waals surface area contributed by atoms with Gasteiger partial charge in [-0.05, 0) is 12.8 Å². The molecule has 1 aliphatic rings. The minimum absolute atomic E-state index is 0.0247. The molecule has 1 amide bonds. The molecule has 0 saturated carbocycles. The molecule has 8 heteroatoms. The number of carbonyl (C=O) groups excluding carboxylic acids is 1. The molecule has 0 N–H and O–H groups in total. The number of amides is 1. The monoisotopic (exact) mass is 353 g/mol. The van der Waals surface area contributed by atoms with E-state index in [1.165, 1.54) is 4.90 Å². The zero-order valence-electron chi connectivity index (χ0n) is 13.5. The SMILES string of the molecule is O=C(CCC(F)(F)F)N1CCC(c2nc(-c3ccccc3)no2)CC1. The normalized spacial score (nSPS) is 16.2. The van der Waals surface area contributed by atoms with E-state index in [1.807, 2.05) is 30.3 Å². The molecule has 2 heterocycles. The Morgan fingerprint density at radius 1 is 1.20 bits per heavy atom. The van der Waals surface area contributed by atoms with E-state index in [1.54, 1.807) is 0 Å². The summed E-state index contributed by atoms with van der Waals surface area (Å²) in [6.07, 6.45) is -4.66. The first kappa shape index (κ1) is 17.4. The van der Waals surface area contributed by atoms with Gasteiger partial charge in [-0.3, -0.25) is 4.79 Å². The van der Waals surface area contributed by atoms with Gasteiger partial charge >= 0.3 is 6.18 Å². The molecule has 1 aromatic heterocycles. The highest BCUT2D eigenvalue weighted by atomic mass is 19.4. The van der Waals surface area contributed by atoms with E-state index in [2.05, 4.69) is 10.1 Å². The van der Waals surface area contributed by atoms with Crippen LogP contribution in [0.4, 0.5) is 13.2 Å². The van der Waals surface area contributed by atoms with Crippen molar-refractivity contribution >= 4 is 5.91 Å². The van der Waals surface area contributed by atoms with Crippen molar-refractivity contribution in [2.24, 2.45) is 0 Å². The smallest absolute Gasteiger partial charge is 0.343 e. The summed E-state index contributed by atoms with van der Waals surface area (Å²) in [6, 6.07) is 9.44. The number of hydrogen-bond donors (Lipinski definition) is 0. The van der Waals surface area contributed by atoms with Crippen LogP contribution in [0.3, 0.4) is 0 Å². The lowest BCUT2D eigenvalue weighted by atomic mass is 9.96. The average Bonchev–Trinajstić information content (AvgIpc) is 3.10. The number of alkyl halides is 3. The molecular formula is C17H18F3N3O2. The summed E-state index contributed by atoms with van der Waals surface area (Å²) in [5.74, 6) is 0.600. The Balaban J connectivity index is 1.54. The molecule has 25 heavy (non-hydrogen) atoms. The highest BCUT2D eigenvalue weighted by Crippen LogP contribution is 2.29. The number of rotatable bonds is 4. The number of piperidine rings is 1. The zero-order valence-corrected chi connectivity index (χ0v) is 13.5. The number of halogens is 3.